The fourth-order valence-corrected chi connectivity index (χ4v) is 4.47. The highest BCUT2D eigenvalue weighted by Gasteiger charge is 2.21. The van der Waals surface area contributed by atoms with Crippen molar-refractivity contribution in [3.8, 4) is 5.75 Å². The summed E-state index contributed by atoms with van der Waals surface area (Å²) in [5.41, 5.74) is 8.94. The van der Waals surface area contributed by atoms with E-state index < -0.39 is 5.91 Å². The first-order valence-electron chi connectivity index (χ1n) is 13.0. The van der Waals surface area contributed by atoms with Gasteiger partial charge in [0.1, 0.15) is 17.0 Å². The monoisotopic (exact) mass is 546 g/mol. The van der Waals surface area contributed by atoms with E-state index >= 15 is 0 Å². The van der Waals surface area contributed by atoms with E-state index in [4.69, 9.17) is 10.5 Å². The predicted octanol–water partition coefficient (Wildman–Crippen LogP) is 3.15. The molecule has 12 heteroatoms. The highest BCUT2D eigenvalue weighted by atomic mass is 16.5. The van der Waals surface area contributed by atoms with Gasteiger partial charge in [-0.1, -0.05) is 30.3 Å². The lowest BCUT2D eigenvalue weighted by atomic mass is 10.1. The number of rotatable bonds is 11. The van der Waals surface area contributed by atoms with Crippen LogP contribution in [0.1, 0.15) is 45.4 Å². The van der Waals surface area contributed by atoms with Crippen molar-refractivity contribution in [2.45, 2.75) is 39.9 Å². The largest absolute Gasteiger partial charge is 0.494 e. The molecule has 4 aromatic rings. The molecule has 4 amide bonds. The van der Waals surface area contributed by atoms with Crippen LogP contribution in [0.15, 0.2) is 48.5 Å². The second kappa shape index (κ2) is 12.3. The molecule has 0 aliphatic heterocycles. The van der Waals surface area contributed by atoms with Crippen LogP contribution in [0.3, 0.4) is 0 Å². The number of nitrogens with one attached hydrogen (secondary N) is 2. The summed E-state index contributed by atoms with van der Waals surface area (Å²) in [6, 6.07) is 14.4. The topological polar surface area (TPSA) is 149 Å². The Hall–Kier alpha value is -4.87. The molecule has 0 saturated carbocycles. The Morgan fingerprint density at radius 2 is 1.88 bits per heavy atom. The number of aryl methyl sites for hydroxylation is 3. The Balaban J connectivity index is 1.55. The first-order valence-corrected chi connectivity index (χ1v) is 13.0. The van der Waals surface area contributed by atoms with Crippen molar-refractivity contribution in [1.82, 2.24) is 29.5 Å². The van der Waals surface area contributed by atoms with Crippen molar-refractivity contribution in [2.75, 3.05) is 26.0 Å². The van der Waals surface area contributed by atoms with E-state index in [-0.39, 0.29) is 23.5 Å². The fraction of sp³-hybridized carbons (Fsp3) is 0.321. The number of carbonyl (C=O) groups excluding carboxylic acids is 3. The molecule has 2 aromatic carbocycles. The molecule has 0 fully saturated rings. The highest BCUT2D eigenvalue weighted by Crippen LogP contribution is 2.31. The second-order valence-electron chi connectivity index (χ2n) is 9.37. The summed E-state index contributed by atoms with van der Waals surface area (Å²) in [7, 11) is 3.23. The molecule has 210 valence electrons. The number of imidazole rings is 1. The van der Waals surface area contributed by atoms with Gasteiger partial charge in [0, 0.05) is 38.8 Å². The summed E-state index contributed by atoms with van der Waals surface area (Å²) in [4.78, 5) is 43.9. The SMILES string of the molecule is CCn1nc(C)cc1C(=O)Nc1nc2cc(C(N)=O)cc(OC)c2n1CCCNC(=O)N(C)Cc1ccccc1. The molecule has 0 atom stereocenters. The van der Waals surface area contributed by atoms with Gasteiger partial charge in [-0.2, -0.15) is 5.10 Å². The Morgan fingerprint density at radius 3 is 2.55 bits per heavy atom. The normalized spacial score (nSPS) is 10.9. The lowest BCUT2D eigenvalue weighted by Gasteiger charge is -2.18. The summed E-state index contributed by atoms with van der Waals surface area (Å²) in [5.74, 6) is -0.330. The van der Waals surface area contributed by atoms with E-state index in [0.29, 0.717) is 55.1 Å². The summed E-state index contributed by atoms with van der Waals surface area (Å²) in [6.45, 7) is 5.52. The molecule has 2 aromatic heterocycles. The van der Waals surface area contributed by atoms with Crippen molar-refractivity contribution in [1.29, 1.82) is 0 Å². The van der Waals surface area contributed by atoms with Crippen LogP contribution in [0.25, 0.3) is 11.0 Å². The van der Waals surface area contributed by atoms with Gasteiger partial charge in [-0.05, 0) is 44.0 Å². The number of benzene rings is 2. The number of hydrogen-bond donors (Lipinski definition) is 3. The summed E-state index contributed by atoms with van der Waals surface area (Å²) in [6.07, 6.45) is 0.534. The molecule has 0 radical (unpaired) electrons. The number of carbonyl (C=O) groups is 3. The van der Waals surface area contributed by atoms with E-state index in [9.17, 15) is 14.4 Å². The van der Waals surface area contributed by atoms with E-state index in [1.807, 2.05) is 44.2 Å². The summed E-state index contributed by atoms with van der Waals surface area (Å²) in [5, 5.41) is 10.2. The van der Waals surface area contributed by atoms with Crippen molar-refractivity contribution >= 4 is 34.8 Å². The average molecular weight is 547 g/mol. The number of primary amides is 1. The lowest BCUT2D eigenvalue weighted by molar-refractivity contribution is 0.0995. The third kappa shape index (κ3) is 6.22. The molecule has 0 aliphatic rings. The van der Waals surface area contributed by atoms with E-state index in [1.165, 1.54) is 7.11 Å². The van der Waals surface area contributed by atoms with Gasteiger partial charge in [-0.3, -0.25) is 19.6 Å². The minimum absolute atomic E-state index is 0.195. The number of anilines is 1. The van der Waals surface area contributed by atoms with Crippen LogP contribution in [0.2, 0.25) is 0 Å². The van der Waals surface area contributed by atoms with Gasteiger partial charge in [0.05, 0.1) is 18.3 Å². The number of methoxy groups -OCH3 is 1. The van der Waals surface area contributed by atoms with Crippen LogP contribution in [0, 0.1) is 6.92 Å². The molecule has 2 heterocycles. The van der Waals surface area contributed by atoms with Gasteiger partial charge in [0.25, 0.3) is 5.91 Å². The van der Waals surface area contributed by atoms with Crippen molar-refractivity contribution < 1.29 is 19.1 Å². The molecule has 0 spiro atoms. The van der Waals surface area contributed by atoms with Crippen LogP contribution in [0.4, 0.5) is 10.7 Å². The first kappa shape index (κ1) is 28.1. The minimum atomic E-state index is -0.620. The Morgan fingerprint density at radius 1 is 1.12 bits per heavy atom. The van der Waals surface area contributed by atoms with Crippen molar-refractivity contribution in [3.05, 3.63) is 71.0 Å². The van der Waals surface area contributed by atoms with Gasteiger partial charge in [-0.25, -0.2) is 9.78 Å². The molecule has 4 N–H and O–H groups in total. The summed E-state index contributed by atoms with van der Waals surface area (Å²) < 4.78 is 8.98. The first-order chi connectivity index (χ1) is 19.2. The zero-order chi connectivity index (χ0) is 28.8. The van der Waals surface area contributed by atoms with Gasteiger partial charge in [0.2, 0.25) is 11.9 Å². The highest BCUT2D eigenvalue weighted by molar-refractivity contribution is 6.04. The molecule has 12 nitrogen and oxygen atoms in total. The number of urea groups is 1. The van der Waals surface area contributed by atoms with E-state index in [1.54, 1.807) is 39.4 Å². The number of fused-ring (bicyclic) bond motifs is 1. The van der Waals surface area contributed by atoms with Gasteiger partial charge >= 0.3 is 6.03 Å². The zero-order valence-electron chi connectivity index (χ0n) is 23.1. The molecule has 4 rings (SSSR count). The number of aromatic nitrogens is 4. The predicted molar refractivity (Wildman–Crippen MR) is 151 cm³/mol. The quantitative estimate of drug-likeness (QED) is 0.246. The number of nitrogens with two attached hydrogens (primary N) is 1. The maximum atomic E-state index is 13.2. The molecule has 40 heavy (non-hydrogen) atoms. The second-order valence-corrected chi connectivity index (χ2v) is 9.37. The summed E-state index contributed by atoms with van der Waals surface area (Å²) >= 11 is 0. The molecular weight excluding hydrogens is 512 g/mol. The zero-order valence-corrected chi connectivity index (χ0v) is 23.1. The maximum absolute atomic E-state index is 13.2. The van der Waals surface area contributed by atoms with Crippen LogP contribution in [-0.4, -0.2) is 62.8 Å². The van der Waals surface area contributed by atoms with Crippen molar-refractivity contribution in [2.24, 2.45) is 5.73 Å². The lowest BCUT2D eigenvalue weighted by Crippen LogP contribution is -2.37. The number of amides is 4. The Labute approximate surface area is 232 Å². The Kier molecular flexibility index (Phi) is 8.67. The molecule has 0 saturated heterocycles. The van der Waals surface area contributed by atoms with Crippen LogP contribution >= 0.6 is 0 Å². The Bertz CT molecular complexity index is 1530. The molecule has 0 bridgehead atoms. The van der Waals surface area contributed by atoms with E-state index in [2.05, 4.69) is 20.7 Å². The number of nitrogens with zero attached hydrogens (tertiary/aromatic N) is 5. The van der Waals surface area contributed by atoms with Gasteiger partial charge < -0.3 is 25.3 Å². The maximum Gasteiger partial charge on any atom is 0.317 e. The third-order valence-electron chi connectivity index (χ3n) is 6.41. The molecule has 0 unspecified atom stereocenters. The average Bonchev–Trinajstić information content (AvgIpc) is 3.50. The van der Waals surface area contributed by atoms with Crippen molar-refractivity contribution in [3.63, 3.8) is 0 Å². The van der Waals surface area contributed by atoms with Gasteiger partial charge in [0.15, 0.2) is 0 Å². The smallest absolute Gasteiger partial charge is 0.317 e. The number of ether oxygens (including phenoxy) is 1. The number of hydrogen-bond acceptors (Lipinski definition) is 6. The van der Waals surface area contributed by atoms with Gasteiger partial charge in [-0.15, -0.1) is 0 Å². The fourth-order valence-electron chi connectivity index (χ4n) is 4.47. The third-order valence-corrected chi connectivity index (χ3v) is 6.41. The molecular formula is C28H34N8O4. The van der Waals surface area contributed by atoms with Crippen LogP contribution < -0.4 is 21.1 Å². The standard InChI is InChI=1S/C28H34N8O4/c1-5-36-22(14-18(2)33-36)26(38)32-27-31-21-15-20(25(29)37)16-23(40-4)24(21)35(27)13-9-12-30-28(39)34(3)17-19-10-7-6-8-11-19/h6-8,10-11,14-16H,5,9,12-13,17H2,1-4H3,(H2,29,37)(H,30,39)(H,31,32,38). The van der Waals surface area contributed by atoms with Crippen LogP contribution in [0.5, 0.6) is 5.75 Å². The van der Waals surface area contributed by atoms with E-state index in [0.717, 1.165) is 11.3 Å². The minimum Gasteiger partial charge on any atom is -0.494 e. The van der Waals surface area contributed by atoms with Crippen LogP contribution in [-0.2, 0) is 19.6 Å². The molecule has 0 aliphatic carbocycles.